The summed E-state index contributed by atoms with van der Waals surface area (Å²) in [7, 11) is 1.63. The number of fused-ring (bicyclic) bond motifs is 1. The van der Waals surface area contributed by atoms with Crippen LogP contribution in [-0.4, -0.2) is 37.6 Å². The van der Waals surface area contributed by atoms with E-state index in [4.69, 9.17) is 16.3 Å². The van der Waals surface area contributed by atoms with E-state index in [1.807, 2.05) is 48.0 Å². The van der Waals surface area contributed by atoms with Crippen molar-refractivity contribution in [1.82, 2.24) is 24.5 Å². The molecule has 4 aromatic rings. The zero-order valence-corrected chi connectivity index (χ0v) is 20.3. The standard InChI is InChI=1S/C23H20BrClN6O2/c1-13-10-30(12-26-13)19-7-3-14(9-21(19)33-2)18-11-31(29-28-18)20-8-4-15-17(27-23(20)32)6-5-16(24)22(15)25/h3,5-7,9-12,20H,4,8H2,1-2H3,(H,27,32). The molecule has 10 heteroatoms. The average molecular weight is 528 g/mol. The Hall–Kier alpha value is -3.17. The van der Waals surface area contributed by atoms with Gasteiger partial charge in [0.15, 0.2) is 0 Å². The van der Waals surface area contributed by atoms with Gasteiger partial charge in [-0.3, -0.25) is 4.79 Å². The van der Waals surface area contributed by atoms with Crippen LogP contribution >= 0.6 is 27.5 Å². The molecule has 0 radical (unpaired) electrons. The first-order chi connectivity index (χ1) is 15.9. The third kappa shape index (κ3) is 4.02. The SMILES string of the molecule is COc1cc(-c2cn(C3CCc4c(ccc(Br)c4Cl)NC3=O)nn2)ccc1-n1cnc(C)c1. The number of hydrogen-bond acceptors (Lipinski definition) is 5. The molecule has 3 heterocycles. The summed E-state index contributed by atoms with van der Waals surface area (Å²) in [6.45, 7) is 1.94. The molecule has 5 rings (SSSR count). The van der Waals surface area contributed by atoms with Gasteiger partial charge in [-0.1, -0.05) is 22.9 Å². The number of nitrogens with one attached hydrogen (secondary N) is 1. The van der Waals surface area contributed by atoms with Crippen molar-refractivity contribution < 1.29 is 9.53 Å². The molecule has 1 amide bonds. The van der Waals surface area contributed by atoms with Crippen LogP contribution in [0.4, 0.5) is 5.69 Å². The Balaban J connectivity index is 1.42. The molecule has 0 saturated heterocycles. The van der Waals surface area contributed by atoms with E-state index in [1.165, 1.54) is 0 Å². The van der Waals surface area contributed by atoms with E-state index in [0.717, 1.165) is 32.7 Å². The van der Waals surface area contributed by atoms with Gasteiger partial charge in [0.25, 0.3) is 0 Å². The van der Waals surface area contributed by atoms with Crippen molar-refractivity contribution >= 4 is 39.1 Å². The predicted molar refractivity (Wildman–Crippen MR) is 129 cm³/mol. The molecule has 8 nitrogen and oxygen atoms in total. The number of rotatable bonds is 4. The Kier molecular flexibility index (Phi) is 5.67. The summed E-state index contributed by atoms with van der Waals surface area (Å²) < 4.78 is 9.93. The second-order valence-electron chi connectivity index (χ2n) is 7.82. The smallest absolute Gasteiger partial charge is 0.249 e. The fraction of sp³-hybridized carbons (Fsp3) is 0.217. The minimum atomic E-state index is -0.497. The van der Waals surface area contributed by atoms with Crippen molar-refractivity contribution in [2.45, 2.75) is 25.8 Å². The predicted octanol–water partition coefficient (Wildman–Crippen LogP) is 4.99. The Labute approximate surface area is 203 Å². The molecule has 0 aliphatic carbocycles. The number of halogens is 2. The molecule has 1 unspecified atom stereocenters. The van der Waals surface area contributed by atoms with Crippen LogP contribution in [0.25, 0.3) is 16.9 Å². The summed E-state index contributed by atoms with van der Waals surface area (Å²) in [4.78, 5) is 17.2. The van der Waals surface area contributed by atoms with Gasteiger partial charge in [0.05, 0.1) is 36.0 Å². The van der Waals surface area contributed by atoms with Gasteiger partial charge in [-0.05, 0) is 65.5 Å². The number of nitrogens with zero attached hydrogens (tertiary/aromatic N) is 5. The van der Waals surface area contributed by atoms with Crippen molar-refractivity contribution in [3.63, 3.8) is 0 Å². The molecule has 168 valence electrons. The molecule has 1 N–H and O–H groups in total. The second kappa shape index (κ2) is 8.64. The first-order valence-electron chi connectivity index (χ1n) is 10.3. The zero-order chi connectivity index (χ0) is 23.1. The van der Waals surface area contributed by atoms with Crippen LogP contribution in [0, 0.1) is 6.92 Å². The molecule has 0 saturated carbocycles. The van der Waals surface area contributed by atoms with Crippen LogP contribution in [0.3, 0.4) is 0 Å². The number of benzene rings is 2. The molecule has 1 aliphatic rings. The van der Waals surface area contributed by atoms with Gasteiger partial charge in [-0.15, -0.1) is 5.10 Å². The van der Waals surface area contributed by atoms with Gasteiger partial charge in [0, 0.05) is 21.9 Å². The number of hydrogen-bond donors (Lipinski definition) is 1. The highest BCUT2D eigenvalue weighted by atomic mass is 79.9. The molecular formula is C23H20BrClN6O2. The maximum absolute atomic E-state index is 12.9. The summed E-state index contributed by atoms with van der Waals surface area (Å²) in [5, 5.41) is 12.2. The van der Waals surface area contributed by atoms with E-state index in [0.29, 0.717) is 29.3 Å². The Morgan fingerprint density at radius 1 is 1.24 bits per heavy atom. The first-order valence-corrected chi connectivity index (χ1v) is 11.5. The Morgan fingerprint density at radius 2 is 2.09 bits per heavy atom. The van der Waals surface area contributed by atoms with Gasteiger partial charge in [0.1, 0.15) is 17.5 Å². The molecule has 33 heavy (non-hydrogen) atoms. The maximum Gasteiger partial charge on any atom is 0.249 e. The van der Waals surface area contributed by atoms with Gasteiger partial charge in [0.2, 0.25) is 5.91 Å². The van der Waals surface area contributed by atoms with E-state index >= 15 is 0 Å². The van der Waals surface area contributed by atoms with Crippen LogP contribution in [0.2, 0.25) is 5.02 Å². The van der Waals surface area contributed by atoms with E-state index in [-0.39, 0.29) is 5.91 Å². The highest BCUT2D eigenvalue weighted by Crippen LogP contribution is 2.36. The van der Waals surface area contributed by atoms with E-state index < -0.39 is 6.04 Å². The van der Waals surface area contributed by atoms with Gasteiger partial charge in [-0.2, -0.15) is 0 Å². The van der Waals surface area contributed by atoms with Crippen LogP contribution in [0.5, 0.6) is 5.75 Å². The zero-order valence-electron chi connectivity index (χ0n) is 17.9. The van der Waals surface area contributed by atoms with Crippen LogP contribution in [0.1, 0.15) is 23.7 Å². The molecule has 1 atom stereocenters. The fourth-order valence-corrected chi connectivity index (χ4v) is 4.63. The topological polar surface area (TPSA) is 86.9 Å². The van der Waals surface area contributed by atoms with Gasteiger partial charge >= 0.3 is 0 Å². The van der Waals surface area contributed by atoms with Crippen molar-refractivity contribution in [3.8, 4) is 22.7 Å². The van der Waals surface area contributed by atoms with E-state index in [1.54, 1.807) is 24.3 Å². The van der Waals surface area contributed by atoms with Crippen molar-refractivity contribution in [3.05, 3.63) is 69.8 Å². The molecule has 1 aliphatic heterocycles. The third-order valence-corrected chi connectivity index (χ3v) is 7.04. The summed E-state index contributed by atoms with van der Waals surface area (Å²) in [5.74, 6) is 0.536. The van der Waals surface area contributed by atoms with Crippen molar-refractivity contribution in [2.24, 2.45) is 0 Å². The third-order valence-electron chi connectivity index (χ3n) is 5.72. The molecule has 0 spiro atoms. The van der Waals surface area contributed by atoms with Crippen molar-refractivity contribution in [1.29, 1.82) is 0 Å². The number of methoxy groups -OCH3 is 1. The lowest BCUT2D eigenvalue weighted by Crippen LogP contribution is -2.25. The number of ether oxygens (including phenoxy) is 1. The summed E-state index contributed by atoms with van der Waals surface area (Å²) >= 11 is 9.90. The highest BCUT2D eigenvalue weighted by Gasteiger charge is 2.28. The molecule has 2 aromatic carbocycles. The maximum atomic E-state index is 12.9. The second-order valence-corrected chi connectivity index (χ2v) is 9.06. The van der Waals surface area contributed by atoms with Gasteiger partial charge in [-0.25, -0.2) is 9.67 Å². The first kappa shape index (κ1) is 21.7. The van der Waals surface area contributed by atoms with E-state index in [9.17, 15) is 4.79 Å². The number of carbonyl (C=O) groups is 1. The number of aromatic nitrogens is 5. The minimum Gasteiger partial charge on any atom is -0.495 e. The van der Waals surface area contributed by atoms with Crippen LogP contribution < -0.4 is 10.1 Å². The molecule has 0 bridgehead atoms. The molecular weight excluding hydrogens is 508 g/mol. The van der Waals surface area contributed by atoms with Crippen LogP contribution in [0.15, 0.2) is 53.5 Å². The largest absolute Gasteiger partial charge is 0.495 e. The lowest BCUT2D eigenvalue weighted by Gasteiger charge is -2.12. The number of amides is 1. The number of imidazole rings is 1. The molecule has 0 fully saturated rings. The van der Waals surface area contributed by atoms with Gasteiger partial charge < -0.3 is 14.6 Å². The fourth-order valence-electron chi connectivity index (χ4n) is 4.00. The number of anilines is 1. The summed E-state index contributed by atoms with van der Waals surface area (Å²) in [6, 6.07) is 8.99. The quantitative estimate of drug-likeness (QED) is 0.404. The lowest BCUT2D eigenvalue weighted by molar-refractivity contribution is -0.119. The number of aryl methyl sites for hydroxylation is 1. The number of carbonyl (C=O) groups excluding carboxylic acids is 1. The monoisotopic (exact) mass is 526 g/mol. The summed E-state index contributed by atoms with van der Waals surface area (Å²) in [6.07, 6.45) is 6.66. The average Bonchev–Trinajstić information content (AvgIpc) is 3.43. The Morgan fingerprint density at radius 3 is 2.85 bits per heavy atom. The van der Waals surface area contributed by atoms with Crippen LogP contribution in [-0.2, 0) is 11.2 Å². The summed E-state index contributed by atoms with van der Waals surface area (Å²) in [5.41, 5.74) is 4.92. The highest BCUT2D eigenvalue weighted by molar-refractivity contribution is 9.10. The Bertz CT molecular complexity index is 1360. The minimum absolute atomic E-state index is 0.146. The molecule has 2 aromatic heterocycles. The van der Waals surface area contributed by atoms with Crippen molar-refractivity contribution in [2.75, 3.05) is 12.4 Å². The normalized spacial score (nSPS) is 15.6. The lowest BCUT2D eigenvalue weighted by atomic mass is 10.1. The van der Waals surface area contributed by atoms with E-state index in [2.05, 4.69) is 36.5 Å².